The van der Waals surface area contributed by atoms with E-state index < -0.39 is 13.1 Å². The van der Waals surface area contributed by atoms with E-state index >= 15 is 0 Å². The first-order valence-corrected chi connectivity index (χ1v) is 5.53. The van der Waals surface area contributed by atoms with E-state index in [2.05, 4.69) is 0 Å². The molecule has 5 nitrogen and oxygen atoms in total. The van der Waals surface area contributed by atoms with E-state index in [0.29, 0.717) is 5.75 Å². The standard InChI is InChI=1S/C8H16BNO4S/c1-5-15-8(12)9(13-4)14-7(11)6-10(2)3/h5-6H2,1-4H3. The summed E-state index contributed by atoms with van der Waals surface area (Å²) in [6.45, 7) is 1.97. The Bertz CT molecular complexity index is 225. The average Bonchev–Trinajstić information content (AvgIpc) is 2.13. The molecule has 0 rings (SSSR count). The summed E-state index contributed by atoms with van der Waals surface area (Å²) in [5.74, 6) is 0.154. The van der Waals surface area contributed by atoms with Gasteiger partial charge in [-0.15, -0.1) is 0 Å². The summed E-state index contributed by atoms with van der Waals surface area (Å²) in [4.78, 5) is 24.2. The molecule has 0 aliphatic heterocycles. The average molecular weight is 233 g/mol. The van der Waals surface area contributed by atoms with Crippen LogP contribution in [0.15, 0.2) is 0 Å². The molecule has 0 N–H and O–H groups in total. The minimum absolute atomic E-state index is 0.129. The molecule has 0 saturated heterocycles. The van der Waals surface area contributed by atoms with Gasteiger partial charge in [0.1, 0.15) is 0 Å². The second-order valence-electron chi connectivity index (χ2n) is 3.05. The minimum Gasteiger partial charge on any atom is -0.502 e. The van der Waals surface area contributed by atoms with E-state index in [4.69, 9.17) is 9.31 Å². The van der Waals surface area contributed by atoms with Crippen LogP contribution in [0.1, 0.15) is 6.92 Å². The maximum absolute atomic E-state index is 11.3. The SMILES string of the molecule is CCSC(=O)B(OC)OC(=O)CN(C)C. The molecular weight excluding hydrogens is 217 g/mol. The lowest BCUT2D eigenvalue weighted by atomic mass is 9.93. The van der Waals surface area contributed by atoms with Crippen LogP contribution >= 0.6 is 11.8 Å². The molecular formula is C8H16BNO4S. The lowest BCUT2D eigenvalue weighted by Gasteiger charge is -2.12. The van der Waals surface area contributed by atoms with Gasteiger partial charge in [0, 0.05) is 7.11 Å². The zero-order chi connectivity index (χ0) is 11.8. The van der Waals surface area contributed by atoms with E-state index in [1.807, 2.05) is 6.92 Å². The third-order valence-electron chi connectivity index (χ3n) is 1.38. The van der Waals surface area contributed by atoms with Crippen LogP contribution in [0.25, 0.3) is 0 Å². The molecule has 15 heavy (non-hydrogen) atoms. The number of hydrogen-bond donors (Lipinski definition) is 0. The van der Waals surface area contributed by atoms with E-state index in [9.17, 15) is 9.59 Å². The van der Waals surface area contributed by atoms with Crippen LogP contribution in [0.4, 0.5) is 4.79 Å². The van der Waals surface area contributed by atoms with Crippen molar-refractivity contribution in [3.63, 3.8) is 0 Å². The number of carbonyl (C=O) groups is 2. The quantitative estimate of drug-likeness (QED) is 0.629. The van der Waals surface area contributed by atoms with Crippen LogP contribution in [0, 0.1) is 0 Å². The van der Waals surface area contributed by atoms with Crippen molar-refractivity contribution in [1.29, 1.82) is 0 Å². The monoisotopic (exact) mass is 233 g/mol. The Kier molecular flexibility index (Phi) is 7.46. The molecule has 0 saturated carbocycles. The third kappa shape index (κ3) is 6.54. The number of likely N-dealkylation sites (N-methyl/N-ethyl adjacent to an activating group) is 1. The fraction of sp³-hybridized carbons (Fsp3) is 0.750. The largest absolute Gasteiger partial charge is 0.614 e. The predicted molar refractivity (Wildman–Crippen MR) is 60.9 cm³/mol. The van der Waals surface area contributed by atoms with E-state index in [1.54, 1.807) is 19.0 Å². The van der Waals surface area contributed by atoms with Crippen molar-refractivity contribution < 1.29 is 18.9 Å². The minimum atomic E-state index is -1.10. The molecule has 0 amide bonds. The molecule has 0 unspecified atom stereocenters. The van der Waals surface area contributed by atoms with Gasteiger partial charge < -0.3 is 9.31 Å². The van der Waals surface area contributed by atoms with Crippen molar-refractivity contribution in [2.45, 2.75) is 6.92 Å². The van der Waals surface area contributed by atoms with Crippen LogP contribution in [-0.4, -0.2) is 56.5 Å². The van der Waals surface area contributed by atoms with Gasteiger partial charge in [0.15, 0.2) is 0 Å². The molecule has 0 spiro atoms. The van der Waals surface area contributed by atoms with E-state index in [0.717, 1.165) is 11.8 Å². The zero-order valence-electron chi connectivity index (χ0n) is 9.48. The molecule has 0 aromatic rings. The molecule has 86 valence electrons. The Hall–Kier alpha value is -0.525. The fourth-order valence-electron chi connectivity index (χ4n) is 0.818. The van der Waals surface area contributed by atoms with Crippen molar-refractivity contribution in [1.82, 2.24) is 4.90 Å². The Morgan fingerprint density at radius 1 is 1.40 bits per heavy atom. The highest BCUT2D eigenvalue weighted by Crippen LogP contribution is 2.07. The summed E-state index contributed by atoms with van der Waals surface area (Å²) in [5.41, 5.74) is 0. The Morgan fingerprint density at radius 3 is 2.40 bits per heavy atom. The molecule has 7 heteroatoms. The summed E-state index contributed by atoms with van der Waals surface area (Å²) >= 11 is 1.07. The van der Waals surface area contributed by atoms with Crippen molar-refractivity contribution >= 4 is 29.9 Å². The molecule has 0 radical (unpaired) electrons. The first kappa shape index (κ1) is 14.5. The topological polar surface area (TPSA) is 55.8 Å². The molecule has 0 bridgehead atoms. The van der Waals surface area contributed by atoms with Crippen molar-refractivity contribution in [2.75, 3.05) is 33.5 Å². The number of carbonyl (C=O) groups excluding carboxylic acids is 2. The van der Waals surface area contributed by atoms with Gasteiger partial charge in [0.2, 0.25) is 5.01 Å². The van der Waals surface area contributed by atoms with Gasteiger partial charge in [-0.3, -0.25) is 14.5 Å². The van der Waals surface area contributed by atoms with Gasteiger partial charge in [-0.1, -0.05) is 18.7 Å². The van der Waals surface area contributed by atoms with Gasteiger partial charge in [0.25, 0.3) is 0 Å². The first-order chi connectivity index (χ1) is 7.01. The highest BCUT2D eigenvalue weighted by Gasteiger charge is 2.31. The summed E-state index contributed by atoms with van der Waals surface area (Å²) in [6.07, 6.45) is 0. The Morgan fingerprint density at radius 2 is 2.00 bits per heavy atom. The highest BCUT2D eigenvalue weighted by molar-refractivity contribution is 8.16. The summed E-state index contributed by atoms with van der Waals surface area (Å²) in [6, 6.07) is 0. The normalized spacial score (nSPS) is 10.2. The summed E-state index contributed by atoms with van der Waals surface area (Å²) in [5, 5.41) is -0.285. The summed E-state index contributed by atoms with van der Waals surface area (Å²) in [7, 11) is 3.72. The van der Waals surface area contributed by atoms with Gasteiger partial charge in [-0.05, 0) is 19.8 Å². The summed E-state index contributed by atoms with van der Waals surface area (Å²) < 4.78 is 9.64. The van der Waals surface area contributed by atoms with Crippen molar-refractivity contribution in [3.8, 4) is 0 Å². The van der Waals surface area contributed by atoms with Crippen LogP contribution in [0.5, 0.6) is 0 Å². The number of nitrogens with zero attached hydrogens (tertiary/aromatic N) is 1. The second-order valence-corrected chi connectivity index (χ2v) is 4.32. The highest BCUT2D eigenvalue weighted by atomic mass is 32.2. The third-order valence-corrected chi connectivity index (χ3v) is 2.14. The van der Waals surface area contributed by atoms with Gasteiger partial charge >= 0.3 is 13.1 Å². The smallest absolute Gasteiger partial charge is 0.502 e. The molecule has 0 aliphatic rings. The lowest BCUT2D eigenvalue weighted by molar-refractivity contribution is -0.136. The molecule has 0 aliphatic carbocycles. The van der Waals surface area contributed by atoms with Gasteiger partial charge in [-0.2, -0.15) is 0 Å². The Labute approximate surface area is 94.6 Å². The number of rotatable bonds is 6. The van der Waals surface area contributed by atoms with Crippen molar-refractivity contribution in [2.24, 2.45) is 0 Å². The van der Waals surface area contributed by atoms with Crippen LogP contribution < -0.4 is 0 Å². The lowest BCUT2D eigenvalue weighted by Crippen LogP contribution is -2.35. The molecule has 0 atom stereocenters. The molecule has 0 aromatic heterocycles. The van der Waals surface area contributed by atoms with Crippen LogP contribution in [0.2, 0.25) is 0 Å². The molecule has 0 heterocycles. The van der Waals surface area contributed by atoms with E-state index in [-0.39, 0.29) is 11.6 Å². The second kappa shape index (κ2) is 7.73. The van der Waals surface area contributed by atoms with Crippen LogP contribution in [0.3, 0.4) is 0 Å². The maximum Gasteiger partial charge on any atom is 0.614 e. The van der Waals surface area contributed by atoms with Crippen LogP contribution in [-0.2, 0) is 14.1 Å². The molecule has 0 aromatic carbocycles. The fourth-order valence-corrected chi connectivity index (χ4v) is 1.38. The first-order valence-electron chi connectivity index (χ1n) is 4.54. The zero-order valence-corrected chi connectivity index (χ0v) is 10.3. The maximum atomic E-state index is 11.3. The number of hydrogen-bond acceptors (Lipinski definition) is 6. The predicted octanol–water partition coefficient (Wildman–Crippen LogP) is 0.681. The van der Waals surface area contributed by atoms with E-state index in [1.165, 1.54) is 7.11 Å². The molecule has 0 fully saturated rings. The number of thioether (sulfide) groups is 1. The van der Waals surface area contributed by atoms with Gasteiger partial charge in [-0.25, -0.2) is 0 Å². The van der Waals surface area contributed by atoms with Gasteiger partial charge in [0.05, 0.1) is 6.54 Å². The van der Waals surface area contributed by atoms with Crippen molar-refractivity contribution in [3.05, 3.63) is 0 Å². The Balaban J connectivity index is 4.08.